The van der Waals surface area contributed by atoms with Crippen molar-refractivity contribution < 1.29 is 31.2 Å². The number of halogens is 3. The van der Waals surface area contributed by atoms with Gasteiger partial charge < -0.3 is 14.9 Å². The predicted octanol–water partition coefficient (Wildman–Crippen LogP) is 5.70. The molecule has 9 nitrogen and oxygen atoms in total. The van der Waals surface area contributed by atoms with Gasteiger partial charge in [0.25, 0.3) is 15.9 Å². The highest BCUT2D eigenvalue weighted by Gasteiger charge is 2.36. The van der Waals surface area contributed by atoms with Crippen molar-refractivity contribution in [3.8, 4) is 11.4 Å². The van der Waals surface area contributed by atoms with Crippen molar-refractivity contribution >= 4 is 27.2 Å². The van der Waals surface area contributed by atoms with Crippen LogP contribution in [0.3, 0.4) is 0 Å². The minimum Gasteiger partial charge on any atom is -0.387 e. The molecule has 4 aromatic rings. The Morgan fingerprint density at radius 3 is 2.35 bits per heavy atom. The number of nitrogens with one attached hydrogen (secondary N) is 1. The Morgan fingerprint density at radius 2 is 1.75 bits per heavy atom. The number of aliphatic hydroxyl groups excluding tert-OH is 1. The Labute approximate surface area is 228 Å². The highest BCUT2D eigenvalue weighted by molar-refractivity contribution is 7.92. The van der Waals surface area contributed by atoms with E-state index in [9.17, 15) is 26.7 Å². The molecule has 0 unspecified atom stereocenters. The first-order valence-electron chi connectivity index (χ1n) is 12.2. The van der Waals surface area contributed by atoms with Crippen LogP contribution in [0.2, 0.25) is 0 Å². The van der Waals surface area contributed by atoms with Crippen molar-refractivity contribution in [2.75, 3.05) is 9.62 Å². The van der Waals surface area contributed by atoms with Gasteiger partial charge in [0, 0.05) is 11.1 Å². The summed E-state index contributed by atoms with van der Waals surface area (Å²) in [6.45, 7) is 6.93. The van der Waals surface area contributed by atoms with E-state index >= 15 is 0 Å². The molecular weight excluding hydrogens is 547 g/mol. The Kier molecular flexibility index (Phi) is 6.62. The molecule has 3 heterocycles. The van der Waals surface area contributed by atoms with Crippen LogP contribution in [0.5, 0.6) is 0 Å². The lowest BCUT2D eigenvalue weighted by Gasteiger charge is -2.26. The maximum absolute atomic E-state index is 14.1. The molecule has 1 aliphatic heterocycles. The first kappa shape index (κ1) is 27.6. The van der Waals surface area contributed by atoms with Crippen LogP contribution in [0, 0.1) is 6.92 Å². The van der Waals surface area contributed by atoms with E-state index in [2.05, 4.69) is 20.4 Å². The number of hydrogen-bond donors (Lipinski definition) is 2. The molecule has 1 aliphatic rings. The van der Waals surface area contributed by atoms with E-state index in [0.29, 0.717) is 11.1 Å². The Morgan fingerprint density at radius 1 is 1.05 bits per heavy atom. The van der Waals surface area contributed by atoms with Gasteiger partial charge in [0.1, 0.15) is 18.1 Å². The van der Waals surface area contributed by atoms with Crippen LogP contribution in [-0.4, -0.2) is 28.6 Å². The van der Waals surface area contributed by atoms with E-state index in [-0.39, 0.29) is 51.3 Å². The van der Waals surface area contributed by atoms with Crippen molar-refractivity contribution in [3.05, 3.63) is 76.8 Å². The molecule has 5 rings (SSSR count). The number of nitrogens with zero attached hydrogens (tertiary/aromatic N) is 4. The van der Waals surface area contributed by atoms with Crippen LogP contribution in [0.4, 0.5) is 30.4 Å². The fourth-order valence-corrected chi connectivity index (χ4v) is 5.85. The Bertz CT molecular complexity index is 1690. The summed E-state index contributed by atoms with van der Waals surface area (Å²) in [6, 6.07) is 11.7. The molecule has 40 heavy (non-hydrogen) atoms. The smallest absolute Gasteiger partial charge is 0.387 e. The van der Waals surface area contributed by atoms with Gasteiger partial charge in [-0.3, -0.25) is 4.31 Å². The van der Waals surface area contributed by atoms with Gasteiger partial charge in [0.15, 0.2) is 0 Å². The normalized spacial score (nSPS) is 13.8. The molecule has 2 N–H and O–H groups in total. The summed E-state index contributed by atoms with van der Waals surface area (Å²) in [5.74, 6) is -0.0173. The third kappa shape index (κ3) is 5.02. The number of aromatic nitrogens is 3. The average molecular weight is 574 g/mol. The van der Waals surface area contributed by atoms with E-state index in [4.69, 9.17) is 4.52 Å². The number of sulfonamides is 1. The minimum atomic E-state index is -4.69. The van der Waals surface area contributed by atoms with E-state index in [1.165, 1.54) is 24.3 Å². The topological polar surface area (TPSA) is 121 Å². The third-order valence-electron chi connectivity index (χ3n) is 6.58. The van der Waals surface area contributed by atoms with Gasteiger partial charge in [-0.1, -0.05) is 44.1 Å². The first-order chi connectivity index (χ1) is 18.7. The monoisotopic (exact) mass is 573 g/mol. The molecular formula is C27H26F3N5O4S. The van der Waals surface area contributed by atoms with Crippen LogP contribution >= 0.6 is 0 Å². The SMILES string of the molecule is Cc1cc(-c2noc(CO)n2)cc2c1Nc1nc(C(F)(F)F)ccc1CN2S(=O)(=O)c1ccc(C(C)(C)C)cc1. The van der Waals surface area contributed by atoms with Crippen LogP contribution < -0.4 is 9.62 Å². The molecule has 0 radical (unpaired) electrons. The number of benzene rings is 2. The highest BCUT2D eigenvalue weighted by Crippen LogP contribution is 2.43. The molecule has 0 atom stereocenters. The molecule has 0 spiro atoms. The van der Waals surface area contributed by atoms with Crippen molar-refractivity contribution in [3.63, 3.8) is 0 Å². The van der Waals surface area contributed by atoms with Crippen molar-refractivity contribution in [1.29, 1.82) is 0 Å². The summed E-state index contributed by atoms with van der Waals surface area (Å²) in [4.78, 5) is 7.91. The zero-order valence-corrected chi connectivity index (χ0v) is 22.9. The lowest BCUT2D eigenvalue weighted by molar-refractivity contribution is -0.141. The van der Waals surface area contributed by atoms with E-state index < -0.39 is 28.5 Å². The largest absolute Gasteiger partial charge is 0.433 e. The quantitative estimate of drug-likeness (QED) is 0.319. The fourth-order valence-electron chi connectivity index (χ4n) is 4.40. The summed E-state index contributed by atoms with van der Waals surface area (Å²) in [7, 11) is -4.22. The zero-order valence-electron chi connectivity index (χ0n) is 22.0. The molecule has 0 bridgehead atoms. The van der Waals surface area contributed by atoms with E-state index in [0.717, 1.165) is 15.9 Å². The molecule has 13 heteroatoms. The van der Waals surface area contributed by atoms with Gasteiger partial charge in [-0.15, -0.1) is 0 Å². The maximum atomic E-state index is 14.1. The number of aliphatic hydroxyl groups is 1. The molecule has 0 saturated heterocycles. The van der Waals surface area contributed by atoms with Gasteiger partial charge in [0.2, 0.25) is 5.82 Å². The highest BCUT2D eigenvalue weighted by atomic mass is 32.2. The van der Waals surface area contributed by atoms with Crippen molar-refractivity contribution in [2.24, 2.45) is 0 Å². The summed E-state index contributed by atoms with van der Waals surface area (Å²) < 4.78 is 74.8. The predicted molar refractivity (Wildman–Crippen MR) is 141 cm³/mol. The van der Waals surface area contributed by atoms with Gasteiger partial charge in [-0.2, -0.15) is 18.2 Å². The van der Waals surface area contributed by atoms with Crippen molar-refractivity contribution in [1.82, 2.24) is 15.1 Å². The Hall–Kier alpha value is -3.97. The maximum Gasteiger partial charge on any atom is 0.433 e. The van der Waals surface area contributed by atoms with E-state index in [1.807, 2.05) is 20.8 Å². The number of alkyl halides is 3. The second kappa shape index (κ2) is 9.59. The second-order valence-corrected chi connectivity index (χ2v) is 12.3. The van der Waals surface area contributed by atoms with Gasteiger partial charge in [-0.25, -0.2) is 13.4 Å². The van der Waals surface area contributed by atoms with Crippen LogP contribution in [-0.2, 0) is 34.8 Å². The molecule has 0 amide bonds. The molecule has 0 aliphatic carbocycles. The van der Waals surface area contributed by atoms with E-state index in [1.54, 1.807) is 25.1 Å². The first-order valence-corrected chi connectivity index (χ1v) is 13.7. The lowest BCUT2D eigenvalue weighted by Crippen LogP contribution is -2.30. The van der Waals surface area contributed by atoms with Gasteiger partial charge in [-0.05, 0) is 53.8 Å². The molecule has 0 fully saturated rings. The second-order valence-electron chi connectivity index (χ2n) is 10.5. The zero-order chi connectivity index (χ0) is 29.0. The molecule has 2 aromatic heterocycles. The average Bonchev–Trinajstić information content (AvgIpc) is 3.30. The van der Waals surface area contributed by atoms with Crippen molar-refractivity contribution in [2.45, 2.75) is 57.3 Å². The number of aryl methyl sites for hydroxylation is 1. The third-order valence-corrected chi connectivity index (χ3v) is 8.35. The van der Waals surface area contributed by atoms with Crippen LogP contribution in [0.25, 0.3) is 11.4 Å². The minimum absolute atomic E-state index is 0.0138. The summed E-state index contributed by atoms with van der Waals surface area (Å²) in [6.07, 6.45) is -4.69. The van der Waals surface area contributed by atoms with Gasteiger partial charge in [0.05, 0.1) is 22.8 Å². The Balaban J connectivity index is 1.70. The number of anilines is 3. The summed E-state index contributed by atoms with van der Waals surface area (Å²) in [5.41, 5.74) is 1.19. The fraction of sp³-hybridized carbons (Fsp3) is 0.296. The number of rotatable bonds is 4. The number of fused-ring (bicyclic) bond motifs is 2. The summed E-state index contributed by atoms with van der Waals surface area (Å²) >= 11 is 0. The van der Waals surface area contributed by atoms with Crippen LogP contribution in [0.15, 0.2) is 57.9 Å². The van der Waals surface area contributed by atoms with Crippen LogP contribution in [0.1, 0.15) is 49.0 Å². The standard InChI is InChI=1S/C27H26F3N5O4S/c1-15-11-17(25-32-22(14-36)39-34-25)12-20-23(15)33-24-16(5-10-21(31-24)27(28,29)30)13-35(20)40(37,38)19-8-6-18(7-9-19)26(2,3)4/h5-12,36H,13-14H2,1-4H3,(H,31,33). The van der Waals surface area contributed by atoms with Gasteiger partial charge >= 0.3 is 6.18 Å². The number of pyridine rings is 1. The molecule has 0 saturated carbocycles. The molecule has 2 aromatic carbocycles. The summed E-state index contributed by atoms with van der Waals surface area (Å²) in [5, 5.41) is 16.1. The number of hydrogen-bond acceptors (Lipinski definition) is 8. The molecule has 210 valence electrons. The lowest BCUT2D eigenvalue weighted by atomic mass is 9.87.